The molecule has 0 saturated carbocycles. The second-order valence-corrected chi connectivity index (χ2v) is 14.4. The van der Waals surface area contributed by atoms with Gasteiger partial charge in [0.2, 0.25) is 0 Å². The number of aryl methyl sites for hydroxylation is 3. The molecular formula is C44H37N5O. The van der Waals surface area contributed by atoms with E-state index in [2.05, 4.69) is 136 Å². The number of rotatable bonds is 4. The molecule has 0 radical (unpaired) electrons. The molecule has 5 aromatic heterocycles. The normalized spacial score (nSPS) is 12.2. The number of aromatic nitrogens is 5. The van der Waals surface area contributed by atoms with Gasteiger partial charge in [0.25, 0.3) is 0 Å². The number of nitrogens with zero attached hydrogens (tertiary/aromatic N) is 5. The summed E-state index contributed by atoms with van der Waals surface area (Å²) in [6.07, 6.45) is 5.88. The summed E-state index contributed by atoms with van der Waals surface area (Å²) in [6.45, 7) is 13.2. The second kappa shape index (κ2) is 11.0. The molecule has 0 saturated heterocycles. The zero-order chi connectivity index (χ0) is 34.3. The van der Waals surface area contributed by atoms with E-state index < -0.39 is 0 Å². The molecule has 0 bridgehead atoms. The van der Waals surface area contributed by atoms with Crippen LogP contribution in [0, 0.1) is 20.8 Å². The summed E-state index contributed by atoms with van der Waals surface area (Å²) in [5, 5.41) is 4.36. The molecule has 0 atom stereocenters. The minimum Gasteiger partial charge on any atom is -0.457 e. The summed E-state index contributed by atoms with van der Waals surface area (Å²) in [5.41, 5.74) is 11.9. The molecule has 0 aliphatic rings. The lowest BCUT2D eigenvalue weighted by molar-refractivity contribution is 0.484. The molecule has 244 valence electrons. The summed E-state index contributed by atoms with van der Waals surface area (Å²) < 4.78 is 11.1. The van der Waals surface area contributed by atoms with Crippen molar-refractivity contribution in [2.24, 2.45) is 0 Å². The SMILES string of the molecule is Cc1cc(C)c(-c2cn3c4cccnc4c4ccc(Oc5ccc6c7ccccc7n(-c7ncccc7C(C)(C)C)c6c5)cc4c3n2)c(C)c1. The molecule has 9 aromatic rings. The first-order chi connectivity index (χ1) is 24.2. The molecule has 6 nitrogen and oxygen atoms in total. The maximum atomic E-state index is 6.69. The van der Waals surface area contributed by atoms with Crippen LogP contribution in [0.4, 0.5) is 0 Å². The van der Waals surface area contributed by atoms with E-state index in [1.807, 2.05) is 30.6 Å². The van der Waals surface area contributed by atoms with Crippen LogP contribution in [-0.4, -0.2) is 23.9 Å². The van der Waals surface area contributed by atoms with E-state index in [0.29, 0.717) is 0 Å². The van der Waals surface area contributed by atoms with Crippen molar-refractivity contribution in [2.45, 2.75) is 47.0 Å². The van der Waals surface area contributed by atoms with Crippen molar-refractivity contribution in [3.05, 3.63) is 138 Å². The zero-order valence-corrected chi connectivity index (χ0v) is 29.1. The summed E-state index contributed by atoms with van der Waals surface area (Å²) in [7, 11) is 0. The molecule has 0 aliphatic carbocycles. The Kier molecular flexibility index (Phi) is 6.62. The van der Waals surface area contributed by atoms with E-state index in [4.69, 9.17) is 19.7 Å². The smallest absolute Gasteiger partial charge is 0.146 e. The highest BCUT2D eigenvalue weighted by Gasteiger charge is 2.23. The Morgan fingerprint density at radius 3 is 2.10 bits per heavy atom. The van der Waals surface area contributed by atoms with Crippen LogP contribution in [0.1, 0.15) is 43.0 Å². The monoisotopic (exact) mass is 651 g/mol. The van der Waals surface area contributed by atoms with E-state index in [9.17, 15) is 0 Å². The number of hydrogen-bond acceptors (Lipinski definition) is 4. The van der Waals surface area contributed by atoms with Gasteiger partial charge in [0.15, 0.2) is 0 Å². The third-order valence-corrected chi connectivity index (χ3v) is 9.86. The molecule has 0 spiro atoms. The first-order valence-corrected chi connectivity index (χ1v) is 17.1. The van der Waals surface area contributed by atoms with Crippen LogP contribution >= 0.6 is 0 Å². The minimum absolute atomic E-state index is 0.0889. The molecule has 5 heterocycles. The maximum Gasteiger partial charge on any atom is 0.146 e. The van der Waals surface area contributed by atoms with Crippen LogP contribution in [0.15, 0.2) is 116 Å². The van der Waals surface area contributed by atoms with Crippen molar-refractivity contribution in [1.29, 1.82) is 0 Å². The van der Waals surface area contributed by atoms with Crippen molar-refractivity contribution >= 4 is 49.3 Å². The summed E-state index contributed by atoms with van der Waals surface area (Å²) in [5.74, 6) is 2.42. The Balaban J connectivity index is 1.22. The lowest BCUT2D eigenvalue weighted by Gasteiger charge is -2.23. The highest BCUT2D eigenvalue weighted by atomic mass is 16.5. The summed E-state index contributed by atoms with van der Waals surface area (Å²) in [4.78, 5) is 15.0. The van der Waals surface area contributed by atoms with Gasteiger partial charge >= 0.3 is 0 Å². The van der Waals surface area contributed by atoms with Gasteiger partial charge in [-0.05, 0) is 91.9 Å². The number of hydrogen-bond donors (Lipinski definition) is 0. The minimum atomic E-state index is -0.0889. The third kappa shape index (κ3) is 4.66. The quantitative estimate of drug-likeness (QED) is 0.178. The molecule has 0 unspecified atom stereocenters. The Morgan fingerprint density at radius 2 is 1.30 bits per heavy atom. The molecule has 0 fully saturated rings. The Morgan fingerprint density at radius 1 is 0.620 bits per heavy atom. The molecule has 6 heteroatoms. The number of ether oxygens (including phenoxy) is 1. The van der Waals surface area contributed by atoms with Crippen molar-refractivity contribution in [3.63, 3.8) is 0 Å². The Labute approximate surface area is 290 Å². The van der Waals surface area contributed by atoms with Gasteiger partial charge in [-0.15, -0.1) is 0 Å². The van der Waals surface area contributed by atoms with Gasteiger partial charge in [-0.3, -0.25) is 14.0 Å². The fraction of sp³-hybridized carbons (Fsp3) is 0.159. The van der Waals surface area contributed by atoms with E-state index in [-0.39, 0.29) is 5.41 Å². The highest BCUT2D eigenvalue weighted by molar-refractivity contribution is 6.11. The van der Waals surface area contributed by atoms with Crippen LogP contribution in [-0.2, 0) is 5.41 Å². The largest absolute Gasteiger partial charge is 0.457 e. The van der Waals surface area contributed by atoms with Crippen LogP contribution in [0.3, 0.4) is 0 Å². The number of benzene rings is 4. The Hall–Kier alpha value is -6.01. The predicted octanol–water partition coefficient (Wildman–Crippen LogP) is 11.2. The number of para-hydroxylation sites is 1. The van der Waals surface area contributed by atoms with Crippen LogP contribution < -0.4 is 4.74 Å². The highest BCUT2D eigenvalue weighted by Crippen LogP contribution is 2.39. The lowest BCUT2D eigenvalue weighted by atomic mass is 9.87. The van der Waals surface area contributed by atoms with Crippen LogP contribution in [0.25, 0.3) is 66.3 Å². The molecular weight excluding hydrogens is 615 g/mol. The number of imidazole rings is 1. The summed E-state index contributed by atoms with van der Waals surface area (Å²) >= 11 is 0. The van der Waals surface area contributed by atoms with Gasteiger partial charge in [-0.1, -0.05) is 62.7 Å². The van der Waals surface area contributed by atoms with Crippen LogP contribution in [0.5, 0.6) is 11.5 Å². The first kappa shape index (κ1) is 30.1. The fourth-order valence-electron chi connectivity index (χ4n) is 7.77. The molecule has 4 aromatic carbocycles. The molecule has 0 aliphatic heterocycles. The van der Waals surface area contributed by atoms with E-state index in [0.717, 1.165) is 66.9 Å². The van der Waals surface area contributed by atoms with Crippen molar-refractivity contribution < 1.29 is 4.74 Å². The van der Waals surface area contributed by atoms with E-state index in [1.54, 1.807) is 0 Å². The second-order valence-electron chi connectivity index (χ2n) is 14.4. The number of pyridine rings is 3. The fourth-order valence-corrected chi connectivity index (χ4v) is 7.77. The zero-order valence-electron chi connectivity index (χ0n) is 29.1. The van der Waals surface area contributed by atoms with Gasteiger partial charge in [-0.2, -0.15) is 0 Å². The van der Waals surface area contributed by atoms with Gasteiger partial charge in [0.05, 0.1) is 27.8 Å². The average Bonchev–Trinajstić information content (AvgIpc) is 3.67. The molecule has 50 heavy (non-hydrogen) atoms. The molecule has 0 amide bonds. The maximum absolute atomic E-state index is 6.69. The van der Waals surface area contributed by atoms with E-state index >= 15 is 0 Å². The third-order valence-electron chi connectivity index (χ3n) is 9.86. The van der Waals surface area contributed by atoms with Gasteiger partial charge < -0.3 is 4.74 Å². The topological polar surface area (TPSA) is 57.2 Å². The predicted molar refractivity (Wildman–Crippen MR) is 205 cm³/mol. The van der Waals surface area contributed by atoms with Gasteiger partial charge in [0, 0.05) is 57.3 Å². The molecule has 9 rings (SSSR count). The standard InChI is InChI=1S/C44H37N5O/c1-26-21-27(2)40(28(3)22-26)36-25-48-38-14-10-19-45-41(38)33-18-16-29(23-34(33)42(48)47-36)50-30-15-17-32-31-11-7-8-13-37(31)49(39(32)24-30)43-35(44(4,5)6)12-9-20-46-43/h7-25H,1-6H3. The average molecular weight is 652 g/mol. The van der Waals surface area contributed by atoms with Gasteiger partial charge in [0.1, 0.15) is 23.0 Å². The van der Waals surface area contributed by atoms with Crippen molar-refractivity contribution in [1.82, 2.24) is 23.9 Å². The van der Waals surface area contributed by atoms with E-state index in [1.165, 1.54) is 33.2 Å². The van der Waals surface area contributed by atoms with Crippen molar-refractivity contribution in [2.75, 3.05) is 0 Å². The first-order valence-electron chi connectivity index (χ1n) is 17.1. The van der Waals surface area contributed by atoms with Gasteiger partial charge in [-0.25, -0.2) is 9.97 Å². The van der Waals surface area contributed by atoms with Crippen molar-refractivity contribution in [3.8, 4) is 28.6 Å². The number of fused-ring (bicyclic) bond motifs is 9. The lowest BCUT2D eigenvalue weighted by Crippen LogP contribution is -2.16. The van der Waals surface area contributed by atoms with Crippen LogP contribution in [0.2, 0.25) is 0 Å². The molecule has 0 N–H and O–H groups in total. The Bertz CT molecular complexity index is 2790. The summed E-state index contributed by atoms with van der Waals surface area (Å²) in [6, 6.07) is 33.9.